The summed E-state index contributed by atoms with van der Waals surface area (Å²) in [6.07, 6.45) is 2.25. The topological polar surface area (TPSA) is 66.6 Å². The molecule has 0 radical (unpaired) electrons. The SMILES string of the molecule is CC(C)[C@@H](N)C(=O)N1CCCC(C)(O)CC1. The molecule has 1 saturated heterocycles. The molecule has 1 heterocycles. The molecule has 0 saturated carbocycles. The first-order valence-corrected chi connectivity index (χ1v) is 6.10. The van der Waals surface area contributed by atoms with Gasteiger partial charge in [0, 0.05) is 13.1 Å². The van der Waals surface area contributed by atoms with Crippen LogP contribution in [0.5, 0.6) is 0 Å². The summed E-state index contributed by atoms with van der Waals surface area (Å²) in [6.45, 7) is 7.08. The second-order valence-electron chi connectivity index (χ2n) is 5.45. The lowest BCUT2D eigenvalue weighted by atomic mass is 9.98. The average Bonchev–Trinajstić information content (AvgIpc) is 2.37. The van der Waals surface area contributed by atoms with E-state index in [0.29, 0.717) is 13.0 Å². The van der Waals surface area contributed by atoms with E-state index in [4.69, 9.17) is 5.73 Å². The third-order valence-electron chi connectivity index (χ3n) is 3.38. The first-order chi connectivity index (χ1) is 7.33. The monoisotopic (exact) mass is 228 g/mol. The Morgan fingerprint density at radius 1 is 1.38 bits per heavy atom. The molecule has 16 heavy (non-hydrogen) atoms. The third kappa shape index (κ3) is 3.46. The van der Waals surface area contributed by atoms with E-state index in [9.17, 15) is 9.90 Å². The molecule has 94 valence electrons. The Morgan fingerprint density at radius 2 is 2.00 bits per heavy atom. The molecule has 3 N–H and O–H groups in total. The molecule has 4 heteroatoms. The highest BCUT2D eigenvalue weighted by atomic mass is 16.3. The van der Waals surface area contributed by atoms with E-state index < -0.39 is 11.6 Å². The molecule has 0 aromatic rings. The number of nitrogens with two attached hydrogens (primary N) is 1. The number of hydrogen-bond acceptors (Lipinski definition) is 3. The minimum Gasteiger partial charge on any atom is -0.390 e. The predicted octanol–water partition coefficient (Wildman–Crippen LogP) is 0.733. The minimum atomic E-state index is -0.628. The van der Waals surface area contributed by atoms with Gasteiger partial charge in [0.05, 0.1) is 11.6 Å². The molecular weight excluding hydrogens is 204 g/mol. The molecule has 0 aromatic heterocycles. The van der Waals surface area contributed by atoms with Crippen molar-refractivity contribution in [3.8, 4) is 0 Å². The van der Waals surface area contributed by atoms with Gasteiger partial charge >= 0.3 is 0 Å². The summed E-state index contributed by atoms with van der Waals surface area (Å²) in [6, 6.07) is -0.414. The fraction of sp³-hybridized carbons (Fsp3) is 0.917. The highest BCUT2D eigenvalue weighted by molar-refractivity contribution is 5.81. The van der Waals surface area contributed by atoms with Gasteiger partial charge in [-0.2, -0.15) is 0 Å². The van der Waals surface area contributed by atoms with Crippen molar-refractivity contribution in [3.63, 3.8) is 0 Å². The van der Waals surface area contributed by atoms with Crippen LogP contribution in [0.2, 0.25) is 0 Å². The van der Waals surface area contributed by atoms with E-state index in [-0.39, 0.29) is 11.8 Å². The van der Waals surface area contributed by atoms with Crippen molar-refractivity contribution in [2.75, 3.05) is 13.1 Å². The normalized spacial score (nSPS) is 29.0. The largest absolute Gasteiger partial charge is 0.390 e. The number of amides is 1. The van der Waals surface area contributed by atoms with E-state index in [1.54, 1.807) is 4.90 Å². The van der Waals surface area contributed by atoms with Crippen LogP contribution in [-0.4, -0.2) is 40.6 Å². The molecule has 1 amide bonds. The van der Waals surface area contributed by atoms with Gasteiger partial charge in [-0.05, 0) is 32.1 Å². The van der Waals surface area contributed by atoms with Gasteiger partial charge in [-0.1, -0.05) is 13.8 Å². The Kier molecular flexibility index (Phi) is 4.33. The van der Waals surface area contributed by atoms with Crippen molar-refractivity contribution in [3.05, 3.63) is 0 Å². The van der Waals surface area contributed by atoms with Crippen molar-refractivity contribution in [2.45, 2.75) is 51.7 Å². The Balaban J connectivity index is 2.58. The van der Waals surface area contributed by atoms with Crippen LogP contribution in [0.25, 0.3) is 0 Å². The van der Waals surface area contributed by atoms with Gasteiger partial charge in [-0.25, -0.2) is 0 Å². The van der Waals surface area contributed by atoms with Crippen molar-refractivity contribution >= 4 is 5.91 Å². The lowest BCUT2D eigenvalue weighted by molar-refractivity contribution is -0.133. The highest BCUT2D eigenvalue weighted by Gasteiger charge is 2.29. The van der Waals surface area contributed by atoms with Crippen LogP contribution in [0, 0.1) is 5.92 Å². The van der Waals surface area contributed by atoms with Crippen molar-refractivity contribution in [1.29, 1.82) is 0 Å². The number of carbonyl (C=O) groups is 1. The Labute approximate surface area is 97.8 Å². The fourth-order valence-electron chi connectivity index (χ4n) is 1.98. The molecule has 0 bridgehead atoms. The summed E-state index contributed by atoms with van der Waals surface area (Å²) in [5.41, 5.74) is 5.23. The van der Waals surface area contributed by atoms with Gasteiger partial charge in [0.25, 0.3) is 0 Å². The minimum absolute atomic E-state index is 0.0210. The number of likely N-dealkylation sites (tertiary alicyclic amines) is 1. The van der Waals surface area contributed by atoms with E-state index >= 15 is 0 Å². The van der Waals surface area contributed by atoms with Crippen LogP contribution < -0.4 is 5.73 Å². The second-order valence-corrected chi connectivity index (χ2v) is 5.45. The first-order valence-electron chi connectivity index (χ1n) is 6.10. The zero-order valence-electron chi connectivity index (χ0n) is 10.6. The second kappa shape index (κ2) is 5.15. The quantitative estimate of drug-likeness (QED) is 0.732. The van der Waals surface area contributed by atoms with Crippen molar-refractivity contribution < 1.29 is 9.90 Å². The molecule has 2 atom stereocenters. The Hall–Kier alpha value is -0.610. The lowest BCUT2D eigenvalue weighted by Gasteiger charge is -2.26. The summed E-state index contributed by atoms with van der Waals surface area (Å²) >= 11 is 0. The van der Waals surface area contributed by atoms with Crippen LogP contribution in [0.1, 0.15) is 40.0 Å². The lowest BCUT2D eigenvalue weighted by Crippen LogP contribution is -2.47. The number of rotatable bonds is 2. The molecule has 1 aliphatic rings. The molecule has 0 aromatic carbocycles. The van der Waals surface area contributed by atoms with E-state index in [0.717, 1.165) is 19.4 Å². The molecule has 4 nitrogen and oxygen atoms in total. The molecule has 1 aliphatic heterocycles. The van der Waals surface area contributed by atoms with Gasteiger partial charge in [0.15, 0.2) is 0 Å². The number of nitrogens with zero attached hydrogens (tertiary/aromatic N) is 1. The fourth-order valence-corrected chi connectivity index (χ4v) is 1.98. The average molecular weight is 228 g/mol. The van der Waals surface area contributed by atoms with Gasteiger partial charge in [0.2, 0.25) is 5.91 Å². The molecule has 1 fully saturated rings. The summed E-state index contributed by atoms with van der Waals surface area (Å²) in [4.78, 5) is 13.8. The zero-order chi connectivity index (χ0) is 12.3. The molecule has 1 unspecified atom stereocenters. The Morgan fingerprint density at radius 3 is 2.56 bits per heavy atom. The zero-order valence-corrected chi connectivity index (χ0v) is 10.6. The van der Waals surface area contributed by atoms with Crippen LogP contribution >= 0.6 is 0 Å². The number of carbonyl (C=O) groups excluding carboxylic acids is 1. The summed E-state index contributed by atoms with van der Waals surface area (Å²) in [7, 11) is 0. The maximum absolute atomic E-state index is 12.0. The molecule has 0 spiro atoms. The summed E-state index contributed by atoms with van der Waals surface area (Å²) in [5.74, 6) is 0.184. The van der Waals surface area contributed by atoms with Crippen molar-refractivity contribution in [2.24, 2.45) is 11.7 Å². The summed E-state index contributed by atoms with van der Waals surface area (Å²) in [5, 5.41) is 9.93. The van der Waals surface area contributed by atoms with Gasteiger partial charge in [-0.3, -0.25) is 4.79 Å². The van der Waals surface area contributed by atoms with Crippen LogP contribution in [0.4, 0.5) is 0 Å². The standard InChI is InChI=1S/C12H24N2O2/c1-9(2)10(13)11(15)14-7-4-5-12(3,16)6-8-14/h9-10,16H,4-8,13H2,1-3H3/t10-,12?/m1/s1. The predicted molar refractivity (Wildman–Crippen MR) is 63.9 cm³/mol. The molecular formula is C12H24N2O2. The number of aliphatic hydroxyl groups is 1. The molecule has 0 aliphatic carbocycles. The highest BCUT2D eigenvalue weighted by Crippen LogP contribution is 2.22. The summed E-state index contributed by atoms with van der Waals surface area (Å²) < 4.78 is 0. The van der Waals surface area contributed by atoms with Crippen LogP contribution in [0.3, 0.4) is 0 Å². The van der Waals surface area contributed by atoms with Gasteiger partial charge < -0.3 is 15.7 Å². The van der Waals surface area contributed by atoms with E-state index in [2.05, 4.69) is 0 Å². The maximum atomic E-state index is 12.0. The molecule has 1 rings (SSSR count). The first kappa shape index (κ1) is 13.5. The van der Waals surface area contributed by atoms with Gasteiger partial charge in [0.1, 0.15) is 0 Å². The third-order valence-corrected chi connectivity index (χ3v) is 3.38. The van der Waals surface area contributed by atoms with E-state index in [1.165, 1.54) is 0 Å². The van der Waals surface area contributed by atoms with Crippen molar-refractivity contribution in [1.82, 2.24) is 4.90 Å². The van der Waals surface area contributed by atoms with Crippen LogP contribution in [-0.2, 0) is 4.79 Å². The smallest absolute Gasteiger partial charge is 0.239 e. The number of hydrogen-bond donors (Lipinski definition) is 2. The Bertz CT molecular complexity index is 251. The maximum Gasteiger partial charge on any atom is 0.239 e. The van der Waals surface area contributed by atoms with Gasteiger partial charge in [-0.15, -0.1) is 0 Å². The van der Waals surface area contributed by atoms with Crippen LogP contribution in [0.15, 0.2) is 0 Å². The van der Waals surface area contributed by atoms with E-state index in [1.807, 2.05) is 20.8 Å².